The van der Waals surface area contributed by atoms with Crippen LogP contribution in [0.4, 0.5) is 0 Å². The van der Waals surface area contributed by atoms with Gasteiger partial charge in [-0.1, -0.05) is 55.0 Å². The van der Waals surface area contributed by atoms with Gasteiger partial charge in [0.1, 0.15) is 0 Å². The molecular weight excluding hydrogens is 256 g/mol. The summed E-state index contributed by atoms with van der Waals surface area (Å²) in [6.45, 7) is 4.21. The Morgan fingerprint density at radius 1 is 0.810 bits per heavy atom. The first-order chi connectivity index (χ1) is 10.3. The molecular formula is C19H18N2. The first kappa shape index (κ1) is 13.5. The van der Waals surface area contributed by atoms with Crippen molar-refractivity contribution in [2.45, 2.75) is 20.3 Å². The third-order valence-electron chi connectivity index (χ3n) is 3.62. The van der Waals surface area contributed by atoms with E-state index in [9.17, 15) is 0 Å². The highest BCUT2D eigenvalue weighted by Crippen LogP contribution is 2.24. The van der Waals surface area contributed by atoms with Crippen LogP contribution in [0.15, 0.2) is 60.9 Å². The topological polar surface area (TPSA) is 25.8 Å². The fourth-order valence-corrected chi connectivity index (χ4v) is 2.27. The van der Waals surface area contributed by atoms with Crippen LogP contribution in [0.5, 0.6) is 0 Å². The zero-order chi connectivity index (χ0) is 14.7. The molecule has 2 heteroatoms. The fraction of sp³-hybridized carbons (Fsp3) is 0.158. The maximum atomic E-state index is 4.46. The number of aryl methyl sites for hydroxylation is 2. The van der Waals surface area contributed by atoms with Crippen molar-refractivity contribution in [3.63, 3.8) is 0 Å². The third-order valence-corrected chi connectivity index (χ3v) is 3.62. The second-order valence-corrected chi connectivity index (χ2v) is 5.22. The summed E-state index contributed by atoms with van der Waals surface area (Å²) in [4.78, 5) is 8.92. The molecule has 0 bridgehead atoms. The van der Waals surface area contributed by atoms with Gasteiger partial charge in [0.25, 0.3) is 0 Å². The lowest BCUT2D eigenvalue weighted by Gasteiger charge is -2.06. The van der Waals surface area contributed by atoms with E-state index in [1.807, 2.05) is 12.4 Å². The summed E-state index contributed by atoms with van der Waals surface area (Å²) in [5.41, 5.74) is 5.89. The van der Waals surface area contributed by atoms with Crippen molar-refractivity contribution in [1.82, 2.24) is 9.97 Å². The van der Waals surface area contributed by atoms with E-state index in [2.05, 4.69) is 72.3 Å². The molecule has 0 amide bonds. The van der Waals surface area contributed by atoms with E-state index in [-0.39, 0.29) is 0 Å². The molecule has 0 spiro atoms. The summed E-state index contributed by atoms with van der Waals surface area (Å²) in [6.07, 6.45) is 4.77. The lowest BCUT2D eigenvalue weighted by atomic mass is 10.0. The molecule has 0 aliphatic rings. The highest BCUT2D eigenvalue weighted by Gasteiger charge is 2.04. The fourth-order valence-electron chi connectivity index (χ4n) is 2.27. The van der Waals surface area contributed by atoms with E-state index in [4.69, 9.17) is 0 Å². The molecule has 0 aliphatic carbocycles. The molecule has 0 fully saturated rings. The van der Waals surface area contributed by atoms with Gasteiger partial charge in [-0.3, -0.25) is 0 Å². The highest BCUT2D eigenvalue weighted by atomic mass is 14.9. The Morgan fingerprint density at radius 2 is 1.48 bits per heavy atom. The quantitative estimate of drug-likeness (QED) is 0.693. The molecule has 3 aromatic rings. The summed E-state index contributed by atoms with van der Waals surface area (Å²) in [6, 6.07) is 16.9. The van der Waals surface area contributed by atoms with E-state index >= 15 is 0 Å². The summed E-state index contributed by atoms with van der Waals surface area (Å²) in [5.74, 6) is 0.779. The number of benzene rings is 2. The predicted octanol–water partition coefficient (Wildman–Crippen LogP) is 4.68. The van der Waals surface area contributed by atoms with Gasteiger partial charge in [-0.15, -0.1) is 0 Å². The van der Waals surface area contributed by atoms with E-state index in [0.717, 1.165) is 23.4 Å². The first-order valence-electron chi connectivity index (χ1n) is 7.24. The van der Waals surface area contributed by atoms with Crippen molar-refractivity contribution in [3.8, 4) is 22.5 Å². The van der Waals surface area contributed by atoms with Crippen molar-refractivity contribution in [1.29, 1.82) is 0 Å². The van der Waals surface area contributed by atoms with Gasteiger partial charge in [0, 0.05) is 18.0 Å². The largest absolute Gasteiger partial charge is 0.236 e. The molecule has 0 saturated carbocycles. The van der Waals surface area contributed by atoms with Gasteiger partial charge < -0.3 is 0 Å². The molecule has 104 valence electrons. The molecule has 0 saturated heterocycles. The molecule has 0 N–H and O–H groups in total. The van der Waals surface area contributed by atoms with Crippen LogP contribution in [0, 0.1) is 6.92 Å². The Kier molecular flexibility index (Phi) is 3.78. The van der Waals surface area contributed by atoms with Crippen LogP contribution < -0.4 is 0 Å². The second kappa shape index (κ2) is 5.88. The molecule has 1 aromatic heterocycles. The van der Waals surface area contributed by atoms with E-state index in [0.29, 0.717) is 0 Å². The molecule has 1 heterocycles. The van der Waals surface area contributed by atoms with Gasteiger partial charge in [-0.2, -0.15) is 0 Å². The molecule has 0 unspecified atom stereocenters. The van der Waals surface area contributed by atoms with Crippen molar-refractivity contribution < 1.29 is 0 Å². The molecule has 0 radical (unpaired) electrons. The average Bonchev–Trinajstić information content (AvgIpc) is 2.56. The smallest absolute Gasteiger partial charge is 0.159 e. The zero-order valence-electron chi connectivity index (χ0n) is 12.4. The predicted molar refractivity (Wildman–Crippen MR) is 87.0 cm³/mol. The highest BCUT2D eigenvalue weighted by molar-refractivity contribution is 5.70. The van der Waals surface area contributed by atoms with E-state index < -0.39 is 0 Å². The van der Waals surface area contributed by atoms with E-state index in [1.165, 1.54) is 16.7 Å². The summed E-state index contributed by atoms with van der Waals surface area (Å²) in [7, 11) is 0. The first-order valence-corrected chi connectivity index (χ1v) is 7.24. The van der Waals surface area contributed by atoms with E-state index in [1.54, 1.807) is 0 Å². The number of nitrogens with zero attached hydrogens (tertiary/aromatic N) is 2. The lowest BCUT2D eigenvalue weighted by molar-refractivity contribution is 1.05. The lowest BCUT2D eigenvalue weighted by Crippen LogP contribution is -1.91. The minimum atomic E-state index is 0.779. The van der Waals surface area contributed by atoms with Crippen LogP contribution in [-0.2, 0) is 6.42 Å². The Morgan fingerprint density at radius 3 is 2.14 bits per heavy atom. The Balaban J connectivity index is 1.97. The third kappa shape index (κ3) is 3.00. The van der Waals surface area contributed by atoms with Crippen LogP contribution in [0.1, 0.15) is 18.1 Å². The van der Waals surface area contributed by atoms with Gasteiger partial charge in [0.05, 0.1) is 0 Å². The monoisotopic (exact) mass is 274 g/mol. The SMILES string of the molecule is CCc1cnc(-c2cccc(-c3ccc(C)cc3)c2)nc1. The molecule has 0 aliphatic heterocycles. The zero-order valence-corrected chi connectivity index (χ0v) is 12.4. The summed E-state index contributed by atoms with van der Waals surface area (Å²) >= 11 is 0. The average molecular weight is 274 g/mol. The van der Waals surface area contributed by atoms with Crippen molar-refractivity contribution in [2.75, 3.05) is 0 Å². The van der Waals surface area contributed by atoms with Crippen LogP contribution in [0.3, 0.4) is 0 Å². The summed E-state index contributed by atoms with van der Waals surface area (Å²) in [5, 5.41) is 0. The molecule has 2 aromatic carbocycles. The van der Waals surface area contributed by atoms with Gasteiger partial charge in [-0.25, -0.2) is 9.97 Å². The van der Waals surface area contributed by atoms with Crippen molar-refractivity contribution in [3.05, 3.63) is 72.1 Å². The minimum Gasteiger partial charge on any atom is -0.236 e. The van der Waals surface area contributed by atoms with Crippen molar-refractivity contribution >= 4 is 0 Å². The number of rotatable bonds is 3. The Bertz CT molecular complexity index is 728. The molecule has 0 atom stereocenters. The number of hydrogen-bond acceptors (Lipinski definition) is 2. The van der Waals surface area contributed by atoms with Crippen LogP contribution in [-0.4, -0.2) is 9.97 Å². The van der Waals surface area contributed by atoms with Gasteiger partial charge in [0.15, 0.2) is 5.82 Å². The van der Waals surface area contributed by atoms with Crippen LogP contribution >= 0.6 is 0 Å². The summed E-state index contributed by atoms with van der Waals surface area (Å²) < 4.78 is 0. The molecule has 2 nitrogen and oxygen atoms in total. The Hall–Kier alpha value is -2.48. The number of aromatic nitrogens is 2. The van der Waals surface area contributed by atoms with Gasteiger partial charge in [0.2, 0.25) is 0 Å². The normalized spacial score (nSPS) is 10.6. The van der Waals surface area contributed by atoms with Crippen molar-refractivity contribution in [2.24, 2.45) is 0 Å². The van der Waals surface area contributed by atoms with Gasteiger partial charge in [-0.05, 0) is 36.1 Å². The second-order valence-electron chi connectivity index (χ2n) is 5.22. The maximum absolute atomic E-state index is 4.46. The standard InChI is InChI=1S/C19H18N2/c1-3-15-12-20-19(21-13-15)18-6-4-5-17(11-18)16-9-7-14(2)8-10-16/h4-13H,3H2,1-2H3. The van der Waals surface area contributed by atoms with Crippen LogP contribution in [0.2, 0.25) is 0 Å². The molecule has 21 heavy (non-hydrogen) atoms. The van der Waals surface area contributed by atoms with Crippen LogP contribution in [0.25, 0.3) is 22.5 Å². The Labute approximate surface area is 125 Å². The van der Waals surface area contributed by atoms with Gasteiger partial charge >= 0.3 is 0 Å². The number of hydrogen-bond donors (Lipinski definition) is 0. The minimum absolute atomic E-state index is 0.779. The maximum Gasteiger partial charge on any atom is 0.159 e. The molecule has 3 rings (SSSR count).